The lowest BCUT2D eigenvalue weighted by atomic mass is 9.93. The summed E-state index contributed by atoms with van der Waals surface area (Å²) in [5.41, 5.74) is 0.448. The lowest BCUT2D eigenvalue weighted by molar-refractivity contribution is -0.139. The zero-order valence-corrected chi connectivity index (χ0v) is 23.8. The first-order valence-electron chi connectivity index (χ1n) is 13.5. The average Bonchev–Trinajstić information content (AvgIpc) is 3.61. The Kier molecular flexibility index (Phi) is 7.64. The maximum absolute atomic E-state index is 13.9. The second kappa shape index (κ2) is 11.6. The van der Waals surface area contributed by atoms with Crippen molar-refractivity contribution in [2.24, 2.45) is 4.99 Å². The summed E-state index contributed by atoms with van der Waals surface area (Å²) in [4.78, 5) is 32.4. The molecule has 1 atom stereocenters. The average molecular weight is 619 g/mol. The third-order valence-corrected chi connectivity index (χ3v) is 7.92. The number of benzene rings is 3. The summed E-state index contributed by atoms with van der Waals surface area (Å²) in [5, 5.41) is 0. The predicted molar refractivity (Wildman–Crippen MR) is 157 cm³/mol. The molecule has 1 aliphatic heterocycles. The van der Waals surface area contributed by atoms with E-state index in [1.165, 1.54) is 53.1 Å². The molecule has 2 aromatic heterocycles. The number of fused-ring (bicyclic) bond motifs is 1. The number of hydrogen-bond acceptors (Lipinski definition) is 6. The van der Waals surface area contributed by atoms with Gasteiger partial charge in [0.25, 0.3) is 5.56 Å². The molecule has 0 spiro atoms. The van der Waals surface area contributed by atoms with Crippen molar-refractivity contribution in [2.75, 3.05) is 6.61 Å². The van der Waals surface area contributed by atoms with Crippen molar-refractivity contribution in [3.05, 3.63) is 145 Å². The predicted octanol–water partition coefficient (Wildman–Crippen LogP) is 6.35. The highest BCUT2D eigenvalue weighted by Gasteiger charge is 2.35. The van der Waals surface area contributed by atoms with Gasteiger partial charge in [-0.15, -0.1) is 0 Å². The SMILES string of the molecule is CCOC(=O)C1=C(c2ccccc2)N=c2s/c(=C/c3ccc(-c4cccc(C(F)(F)F)c4)o3)c(=O)n2C1c1ccc(F)cc1. The molecule has 0 fully saturated rings. The topological polar surface area (TPSA) is 73.8 Å². The third-order valence-electron chi connectivity index (χ3n) is 6.93. The van der Waals surface area contributed by atoms with Crippen LogP contribution in [0.3, 0.4) is 0 Å². The summed E-state index contributed by atoms with van der Waals surface area (Å²) < 4.78 is 66.4. The zero-order valence-electron chi connectivity index (χ0n) is 23.0. The summed E-state index contributed by atoms with van der Waals surface area (Å²) in [6.45, 7) is 1.75. The first kappa shape index (κ1) is 29.1. The molecule has 0 aliphatic carbocycles. The Balaban J connectivity index is 1.52. The molecule has 11 heteroatoms. The van der Waals surface area contributed by atoms with Crippen LogP contribution in [0.4, 0.5) is 17.6 Å². The Morgan fingerprint density at radius 1 is 1.00 bits per heavy atom. The van der Waals surface area contributed by atoms with Crippen molar-refractivity contribution in [1.82, 2.24) is 4.57 Å². The van der Waals surface area contributed by atoms with E-state index >= 15 is 0 Å². The number of halogens is 4. The minimum absolute atomic E-state index is 0.0810. The van der Waals surface area contributed by atoms with Crippen LogP contribution in [-0.4, -0.2) is 17.1 Å². The lowest BCUT2D eigenvalue weighted by Gasteiger charge is -2.25. The fourth-order valence-electron chi connectivity index (χ4n) is 4.96. The van der Waals surface area contributed by atoms with E-state index in [0.29, 0.717) is 16.8 Å². The number of hydrogen-bond donors (Lipinski definition) is 0. The van der Waals surface area contributed by atoms with E-state index in [2.05, 4.69) is 0 Å². The second-order valence-electron chi connectivity index (χ2n) is 9.76. The Morgan fingerprint density at radius 3 is 2.43 bits per heavy atom. The molecular weight excluding hydrogens is 596 g/mol. The van der Waals surface area contributed by atoms with E-state index in [-0.39, 0.29) is 38.6 Å². The standard InChI is InChI=1S/C33H22F4N2O4S/c1-2-42-31(41)27-28(19-7-4-3-5-8-19)38-32-39(29(27)20-11-13-23(34)14-12-20)30(40)26(44-32)18-24-15-16-25(43-24)21-9-6-10-22(17-21)33(35,36)37/h3-18,29H,2H2,1H3/b26-18+. The van der Waals surface area contributed by atoms with E-state index in [1.54, 1.807) is 37.3 Å². The minimum Gasteiger partial charge on any atom is -0.463 e. The van der Waals surface area contributed by atoms with Gasteiger partial charge in [0.05, 0.1) is 34.0 Å². The van der Waals surface area contributed by atoms with Gasteiger partial charge < -0.3 is 9.15 Å². The summed E-state index contributed by atoms with van der Waals surface area (Å²) in [6.07, 6.45) is -3.04. The number of thiazole rings is 1. The van der Waals surface area contributed by atoms with Crippen LogP contribution in [0.1, 0.15) is 35.4 Å². The fourth-order valence-corrected chi connectivity index (χ4v) is 5.95. The van der Waals surface area contributed by atoms with Crippen molar-refractivity contribution in [3.8, 4) is 11.3 Å². The van der Waals surface area contributed by atoms with Crippen LogP contribution in [0.15, 0.2) is 111 Å². The monoisotopic (exact) mass is 618 g/mol. The fraction of sp³-hybridized carbons (Fsp3) is 0.121. The summed E-state index contributed by atoms with van der Waals surface area (Å²) >= 11 is 1.05. The number of alkyl halides is 3. The molecule has 0 N–H and O–H groups in total. The van der Waals surface area contributed by atoms with E-state index in [1.807, 2.05) is 6.07 Å². The summed E-state index contributed by atoms with van der Waals surface area (Å²) in [7, 11) is 0. The van der Waals surface area contributed by atoms with Gasteiger partial charge >= 0.3 is 12.1 Å². The van der Waals surface area contributed by atoms with Crippen molar-refractivity contribution >= 4 is 29.1 Å². The molecule has 3 aromatic carbocycles. The number of esters is 1. The Morgan fingerprint density at radius 2 is 1.73 bits per heavy atom. The van der Waals surface area contributed by atoms with E-state index in [0.717, 1.165) is 23.5 Å². The van der Waals surface area contributed by atoms with Gasteiger partial charge in [-0.05, 0) is 48.9 Å². The van der Waals surface area contributed by atoms with Crippen LogP contribution >= 0.6 is 11.3 Å². The number of nitrogens with zero attached hydrogens (tertiary/aromatic N) is 2. The highest BCUT2D eigenvalue weighted by atomic mass is 32.1. The van der Waals surface area contributed by atoms with Crippen LogP contribution in [0.2, 0.25) is 0 Å². The van der Waals surface area contributed by atoms with E-state index < -0.39 is 35.1 Å². The molecule has 5 aromatic rings. The molecule has 1 unspecified atom stereocenters. The third kappa shape index (κ3) is 5.53. The Labute approximate surface area is 251 Å². The van der Waals surface area contributed by atoms with Crippen LogP contribution in [-0.2, 0) is 15.7 Å². The van der Waals surface area contributed by atoms with Gasteiger partial charge in [0.15, 0.2) is 4.80 Å². The van der Waals surface area contributed by atoms with Gasteiger partial charge in [-0.1, -0.05) is 65.9 Å². The first-order chi connectivity index (χ1) is 21.1. The van der Waals surface area contributed by atoms with Crippen molar-refractivity contribution in [3.63, 3.8) is 0 Å². The van der Waals surface area contributed by atoms with Gasteiger partial charge in [0.1, 0.15) is 17.3 Å². The molecule has 0 saturated carbocycles. The molecule has 0 saturated heterocycles. The maximum Gasteiger partial charge on any atom is 0.416 e. The number of carbonyl (C=O) groups excluding carboxylic acids is 1. The van der Waals surface area contributed by atoms with Crippen LogP contribution in [0.5, 0.6) is 0 Å². The Bertz CT molecular complexity index is 2070. The van der Waals surface area contributed by atoms with Gasteiger partial charge in [-0.25, -0.2) is 14.2 Å². The van der Waals surface area contributed by atoms with Crippen LogP contribution in [0, 0.1) is 5.82 Å². The maximum atomic E-state index is 13.9. The number of ether oxygens (including phenoxy) is 1. The van der Waals surface area contributed by atoms with Gasteiger partial charge in [0, 0.05) is 17.2 Å². The molecule has 6 nitrogen and oxygen atoms in total. The normalized spacial score (nSPS) is 15.2. The number of aromatic nitrogens is 1. The van der Waals surface area contributed by atoms with Gasteiger partial charge in [0.2, 0.25) is 0 Å². The Hall–Kier alpha value is -5.03. The van der Waals surface area contributed by atoms with Crippen LogP contribution < -0.4 is 14.9 Å². The smallest absolute Gasteiger partial charge is 0.416 e. The van der Waals surface area contributed by atoms with Crippen molar-refractivity contribution in [1.29, 1.82) is 0 Å². The molecule has 0 amide bonds. The molecule has 44 heavy (non-hydrogen) atoms. The van der Waals surface area contributed by atoms with Crippen molar-refractivity contribution in [2.45, 2.75) is 19.1 Å². The molecule has 0 radical (unpaired) electrons. The molecular formula is C33H22F4N2O4S. The van der Waals surface area contributed by atoms with Crippen molar-refractivity contribution < 1.29 is 31.5 Å². The zero-order chi connectivity index (χ0) is 31.0. The van der Waals surface area contributed by atoms with Crippen LogP contribution in [0.25, 0.3) is 23.1 Å². The van der Waals surface area contributed by atoms with Gasteiger partial charge in [-0.2, -0.15) is 13.2 Å². The molecule has 3 heterocycles. The number of rotatable bonds is 6. The molecule has 6 rings (SSSR count). The molecule has 1 aliphatic rings. The van der Waals surface area contributed by atoms with E-state index in [4.69, 9.17) is 14.1 Å². The molecule has 222 valence electrons. The second-order valence-corrected chi connectivity index (χ2v) is 10.8. The largest absolute Gasteiger partial charge is 0.463 e. The summed E-state index contributed by atoms with van der Waals surface area (Å²) in [5.74, 6) is -0.736. The number of carbonyl (C=O) groups is 1. The quantitative estimate of drug-likeness (QED) is 0.164. The summed E-state index contributed by atoms with van der Waals surface area (Å²) in [6, 6.07) is 21.3. The first-order valence-corrected chi connectivity index (χ1v) is 14.3. The van der Waals surface area contributed by atoms with E-state index in [9.17, 15) is 27.2 Å². The highest BCUT2D eigenvalue weighted by molar-refractivity contribution is 7.07. The molecule has 0 bridgehead atoms. The minimum atomic E-state index is -4.51. The van der Waals surface area contributed by atoms with Gasteiger partial charge in [-0.3, -0.25) is 9.36 Å². The number of furan rings is 1. The highest BCUT2D eigenvalue weighted by Crippen LogP contribution is 2.36. The lowest BCUT2D eigenvalue weighted by Crippen LogP contribution is -2.40.